The predicted octanol–water partition coefficient (Wildman–Crippen LogP) is 3.60. The lowest BCUT2D eigenvalue weighted by Gasteiger charge is -2.35. The summed E-state index contributed by atoms with van der Waals surface area (Å²) in [6.45, 7) is 7.04. The molecule has 6 heteroatoms. The number of ether oxygens (including phenoxy) is 2. The Labute approximate surface area is 167 Å². The van der Waals surface area contributed by atoms with Crippen molar-refractivity contribution in [3.05, 3.63) is 18.5 Å². The van der Waals surface area contributed by atoms with E-state index in [4.69, 9.17) is 9.47 Å². The predicted molar refractivity (Wildman–Crippen MR) is 107 cm³/mol. The number of rotatable bonds is 6. The first-order chi connectivity index (χ1) is 13.5. The number of carboxylic acids is 1. The van der Waals surface area contributed by atoms with Crippen LogP contribution in [0.2, 0.25) is 0 Å². The highest BCUT2D eigenvalue weighted by atomic mass is 16.5. The van der Waals surface area contributed by atoms with Crippen LogP contribution in [-0.4, -0.2) is 48.5 Å². The number of carboxylic acid groups (broad SMARTS) is 1. The van der Waals surface area contributed by atoms with Crippen LogP contribution in [0, 0.1) is 23.2 Å². The van der Waals surface area contributed by atoms with Crippen molar-refractivity contribution in [2.24, 2.45) is 23.2 Å². The quantitative estimate of drug-likeness (QED) is 0.803. The second-order valence-electron chi connectivity index (χ2n) is 9.20. The van der Waals surface area contributed by atoms with Gasteiger partial charge in [-0.05, 0) is 38.0 Å². The first kappa shape index (κ1) is 19.5. The van der Waals surface area contributed by atoms with Crippen LogP contribution in [0.1, 0.15) is 46.0 Å². The average molecular weight is 389 g/mol. The number of morpholine rings is 1. The lowest BCUT2D eigenvalue weighted by molar-refractivity contribution is -0.144. The van der Waals surface area contributed by atoms with E-state index in [2.05, 4.69) is 22.9 Å². The number of aliphatic carboxylic acids is 1. The molecule has 2 unspecified atom stereocenters. The summed E-state index contributed by atoms with van der Waals surface area (Å²) in [6.07, 6.45) is 9.42. The van der Waals surface area contributed by atoms with Crippen molar-refractivity contribution in [1.29, 1.82) is 0 Å². The van der Waals surface area contributed by atoms with Gasteiger partial charge >= 0.3 is 5.97 Å². The molecular formula is C22H32N2O4. The van der Waals surface area contributed by atoms with Gasteiger partial charge in [0.15, 0.2) is 0 Å². The Balaban J connectivity index is 1.34. The molecule has 1 aromatic rings. The molecule has 3 aliphatic rings. The van der Waals surface area contributed by atoms with Crippen molar-refractivity contribution in [3.63, 3.8) is 0 Å². The Hall–Kier alpha value is -1.82. The molecule has 2 aliphatic carbocycles. The Morgan fingerprint density at radius 1 is 1.36 bits per heavy atom. The third-order valence-corrected chi connectivity index (χ3v) is 7.02. The number of aromatic nitrogens is 1. The zero-order chi connectivity index (χ0) is 19.7. The molecule has 1 aromatic heterocycles. The number of nitrogens with zero attached hydrogens (tertiary/aromatic N) is 2. The molecule has 6 nitrogen and oxygen atoms in total. The molecule has 0 aromatic carbocycles. The van der Waals surface area contributed by atoms with Gasteiger partial charge in [0.1, 0.15) is 5.75 Å². The van der Waals surface area contributed by atoms with Gasteiger partial charge in [0.05, 0.1) is 42.8 Å². The molecule has 0 bridgehead atoms. The molecule has 1 aliphatic heterocycles. The summed E-state index contributed by atoms with van der Waals surface area (Å²) in [5, 5.41) is 9.42. The van der Waals surface area contributed by atoms with E-state index < -0.39 is 11.4 Å². The molecule has 3 fully saturated rings. The van der Waals surface area contributed by atoms with E-state index in [0.717, 1.165) is 30.5 Å². The normalized spacial score (nSPS) is 35.4. The molecular weight excluding hydrogens is 356 g/mol. The van der Waals surface area contributed by atoms with Crippen molar-refractivity contribution in [3.8, 4) is 5.75 Å². The zero-order valence-electron chi connectivity index (χ0n) is 17.0. The summed E-state index contributed by atoms with van der Waals surface area (Å²) in [5.41, 5.74) is 0.398. The highest BCUT2D eigenvalue weighted by Gasteiger charge is 2.60. The van der Waals surface area contributed by atoms with E-state index in [0.29, 0.717) is 25.5 Å². The Morgan fingerprint density at radius 3 is 2.86 bits per heavy atom. The second kappa shape index (κ2) is 7.90. The summed E-state index contributed by atoms with van der Waals surface area (Å²) >= 11 is 0. The summed E-state index contributed by atoms with van der Waals surface area (Å²) in [4.78, 5) is 18.1. The van der Waals surface area contributed by atoms with E-state index in [-0.39, 0.29) is 12.0 Å². The number of hydrogen-bond donors (Lipinski definition) is 1. The van der Waals surface area contributed by atoms with Gasteiger partial charge in [-0.3, -0.25) is 9.78 Å². The highest BCUT2D eigenvalue weighted by Crippen LogP contribution is 2.55. The summed E-state index contributed by atoms with van der Waals surface area (Å²) < 4.78 is 12.0. The van der Waals surface area contributed by atoms with Gasteiger partial charge in [-0.15, -0.1) is 0 Å². The van der Waals surface area contributed by atoms with Crippen molar-refractivity contribution in [2.45, 2.75) is 52.1 Å². The topological polar surface area (TPSA) is 71.9 Å². The van der Waals surface area contributed by atoms with Crippen LogP contribution in [0.25, 0.3) is 0 Å². The highest BCUT2D eigenvalue weighted by molar-refractivity contribution is 5.78. The molecule has 154 valence electrons. The maximum Gasteiger partial charge on any atom is 0.309 e. The van der Waals surface area contributed by atoms with E-state index in [1.54, 1.807) is 6.20 Å². The Kier molecular flexibility index (Phi) is 5.50. The van der Waals surface area contributed by atoms with Crippen LogP contribution in [0.3, 0.4) is 0 Å². The molecule has 0 spiro atoms. The molecule has 28 heavy (non-hydrogen) atoms. The van der Waals surface area contributed by atoms with E-state index >= 15 is 0 Å². The Morgan fingerprint density at radius 2 is 2.14 bits per heavy atom. The molecule has 4 rings (SSSR count). The maximum absolute atomic E-state index is 11.5. The monoisotopic (exact) mass is 388 g/mol. The van der Waals surface area contributed by atoms with Crippen LogP contribution >= 0.6 is 0 Å². The van der Waals surface area contributed by atoms with Crippen LogP contribution in [0.4, 0.5) is 5.69 Å². The first-order valence-corrected chi connectivity index (χ1v) is 10.6. The standard InChI is InChI=1S/C22H32N2O4/c1-15-3-5-16(6-4-15)14-28-18-9-17(11-23-12-18)24-7-8-27-20(13-24)19-10-22(19,2)21(25)26/h9,11-12,15-16,19-20H,3-8,10,13-14H2,1-2H3,(H,25,26)/t15?,16?,19?,20-,22?/m1/s1. The largest absolute Gasteiger partial charge is 0.492 e. The van der Waals surface area contributed by atoms with Crippen molar-refractivity contribution < 1.29 is 19.4 Å². The summed E-state index contributed by atoms with van der Waals surface area (Å²) in [7, 11) is 0. The molecule has 0 amide bonds. The molecule has 2 saturated carbocycles. The molecule has 3 atom stereocenters. The Bertz CT molecular complexity index is 704. The number of pyridine rings is 1. The number of anilines is 1. The summed E-state index contributed by atoms with van der Waals surface area (Å²) in [6, 6.07) is 2.06. The smallest absolute Gasteiger partial charge is 0.309 e. The van der Waals surface area contributed by atoms with Crippen molar-refractivity contribution in [1.82, 2.24) is 4.98 Å². The van der Waals surface area contributed by atoms with Gasteiger partial charge in [0, 0.05) is 25.1 Å². The maximum atomic E-state index is 11.5. The second-order valence-corrected chi connectivity index (χ2v) is 9.20. The number of hydrogen-bond acceptors (Lipinski definition) is 5. The molecule has 1 N–H and O–H groups in total. The SMILES string of the molecule is CC1CCC(COc2cncc(N3CCO[C@@H](C4CC4(C)C(=O)O)C3)c2)CC1. The van der Waals surface area contributed by atoms with Gasteiger partial charge < -0.3 is 19.5 Å². The van der Waals surface area contributed by atoms with E-state index in [9.17, 15) is 9.90 Å². The van der Waals surface area contributed by atoms with Crippen molar-refractivity contribution >= 4 is 11.7 Å². The van der Waals surface area contributed by atoms with E-state index in [1.807, 2.05) is 13.1 Å². The molecule has 0 radical (unpaired) electrons. The van der Waals surface area contributed by atoms with Crippen LogP contribution in [0.15, 0.2) is 18.5 Å². The molecule has 2 heterocycles. The fraction of sp³-hybridized carbons (Fsp3) is 0.727. The van der Waals surface area contributed by atoms with Crippen LogP contribution in [-0.2, 0) is 9.53 Å². The van der Waals surface area contributed by atoms with Gasteiger partial charge in [0.25, 0.3) is 0 Å². The fourth-order valence-corrected chi connectivity index (χ4v) is 4.71. The fourth-order valence-electron chi connectivity index (χ4n) is 4.71. The van der Waals surface area contributed by atoms with Crippen LogP contribution < -0.4 is 9.64 Å². The lowest BCUT2D eigenvalue weighted by Crippen LogP contribution is -2.44. The third-order valence-electron chi connectivity index (χ3n) is 7.02. The average Bonchev–Trinajstić information content (AvgIpc) is 3.41. The number of carbonyl (C=O) groups is 1. The van der Waals surface area contributed by atoms with Gasteiger partial charge in [0.2, 0.25) is 0 Å². The van der Waals surface area contributed by atoms with Gasteiger partial charge in [-0.2, -0.15) is 0 Å². The third kappa shape index (κ3) is 4.12. The minimum absolute atomic E-state index is 0.0383. The lowest BCUT2D eigenvalue weighted by atomic mass is 9.83. The van der Waals surface area contributed by atoms with Gasteiger partial charge in [-0.25, -0.2) is 0 Å². The zero-order valence-corrected chi connectivity index (χ0v) is 17.0. The first-order valence-electron chi connectivity index (χ1n) is 10.6. The van der Waals surface area contributed by atoms with Crippen LogP contribution in [0.5, 0.6) is 5.75 Å². The molecule has 1 saturated heterocycles. The summed E-state index contributed by atoms with van der Waals surface area (Å²) in [5.74, 6) is 1.70. The minimum atomic E-state index is -0.715. The van der Waals surface area contributed by atoms with E-state index in [1.165, 1.54) is 25.7 Å². The van der Waals surface area contributed by atoms with Gasteiger partial charge in [-0.1, -0.05) is 19.8 Å². The minimum Gasteiger partial charge on any atom is -0.492 e. The van der Waals surface area contributed by atoms with Crippen molar-refractivity contribution in [2.75, 3.05) is 31.2 Å².